The van der Waals surface area contributed by atoms with Gasteiger partial charge in [0.2, 0.25) is 11.6 Å². The van der Waals surface area contributed by atoms with Crippen LogP contribution in [0.1, 0.15) is 34.1 Å². The summed E-state index contributed by atoms with van der Waals surface area (Å²) in [5.41, 5.74) is 0.830. The fraction of sp³-hybridized carbons (Fsp3) is 0.500. The number of carbonyl (C=O) groups excluding carboxylic acids is 2. The predicted molar refractivity (Wildman–Crippen MR) is 72.4 cm³/mol. The molecular formula is C14H19O2SY-. The Kier molecular flexibility index (Phi) is 7.27. The average molecular weight is 340 g/mol. The number of thioether (sulfide) groups is 1. The summed E-state index contributed by atoms with van der Waals surface area (Å²) in [5, 5.41) is 0. The van der Waals surface area contributed by atoms with Crippen LogP contribution >= 0.6 is 11.8 Å². The van der Waals surface area contributed by atoms with Gasteiger partial charge in [0.1, 0.15) is 0 Å². The molecule has 0 saturated heterocycles. The second-order valence-electron chi connectivity index (χ2n) is 5.42. The second-order valence-corrected chi connectivity index (χ2v) is 6.15. The van der Waals surface area contributed by atoms with Gasteiger partial charge in [-0.2, -0.15) is 0 Å². The largest absolute Gasteiger partial charge is 0.319 e. The zero-order chi connectivity index (χ0) is 13.2. The van der Waals surface area contributed by atoms with E-state index in [1.807, 2.05) is 0 Å². The van der Waals surface area contributed by atoms with Gasteiger partial charge in [-0.1, -0.05) is 27.7 Å². The minimum atomic E-state index is -0.444. The number of hydrogen-bond donors (Lipinski definition) is 0. The van der Waals surface area contributed by atoms with E-state index in [-0.39, 0.29) is 38.1 Å². The standard InChI is InChI=1S/C14H19O2S.Y/c1-9(2)8-14(3,4)10-6-11(15)12(16)7-13(10)17-5;/h6-7,9H,5,8H2,1-4H3;/q-1;. The van der Waals surface area contributed by atoms with Crippen LogP contribution in [0.3, 0.4) is 0 Å². The summed E-state index contributed by atoms with van der Waals surface area (Å²) in [7, 11) is 0. The van der Waals surface area contributed by atoms with Gasteiger partial charge in [-0.15, -0.1) is 0 Å². The van der Waals surface area contributed by atoms with Crippen molar-refractivity contribution >= 4 is 23.3 Å². The van der Waals surface area contributed by atoms with E-state index in [1.54, 1.807) is 0 Å². The van der Waals surface area contributed by atoms with Crippen LogP contribution in [0.25, 0.3) is 0 Å². The molecule has 0 atom stereocenters. The van der Waals surface area contributed by atoms with Crippen molar-refractivity contribution in [2.75, 3.05) is 0 Å². The first kappa shape index (κ1) is 18.3. The maximum Gasteiger partial charge on any atom is 0.226 e. The van der Waals surface area contributed by atoms with Gasteiger partial charge in [0, 0.05) is 38.8 Å². The third-order valence-corrected chi connectivity index (χ3v) is 3.50. The summed E-state index contributed by atoms with van der Waals surface area (Å²) in [6, 6.07) is 0. The molecule has 0 amide bonds. The van der Waals surface area contributed by atoms with Crippen molar-refractivity contribution in [1.29, 1.82) is 0 Å². The molecule has 1 radical (unpaired) electrons. The molecule has 97 valence electrons. The van der Waals surface area contributed by atoms with Gasteiger partial charge < -0.3 is 11.8 Å². The molecule has 0 aromatic heterocycles. The van der Waals surface area contributed by atoms with E-state index in [0.717, 1.165) is 16.9 Å². The normalized spacial score (nSPS) is 16.3. The minimum absolute atomic E-state index is 0. The molecule has 0 fully saturated rings. The number of hydrogen-bond acceptors (Lipinski definition) is 3. The molecule has 18 heavy (non-hydrogen) atoms. The van der Waals surface area contributed by atoms with Crippen LogP contribution < -0.4 is 0 Å². The van der Waals surface area contributed by atoms with E-state index in [9.17, 15) is 9.59 Å². The third-order valence-electron chi connectivity index (χ3n) is 2.85. The van der Waals surface area contributed by atoms with Crippen LogP contribution in [-0.2, 0) is 42.3 Å². The molecule has 1 aliphatic carbocycles. The van der Waals surface area contributed by atoms with Crippen molar-refractivity contribution in [2.24, 2.45) is 11.3 Å². The van der Waals surface area contributed by atoms with E-state index in [2.05, 4.69) is 34.0 Å². The summed E-state index contributed by atoms with van der Waals surface area (Å²) < 4.78 is 0. The molecule has 0 aromatic carbocycles. The van der Waals surface area contributed by atoms with Crippen molar-refractivity contribution in [3.63, 3.8) is 0 Å². The Morgan fingerprint density at radius 3 is 2.17 bits per heavy atom. The van der Waals surface area contributed by atoms with E-state index in [4.69, 9.17) is 0 Å². The Labute approximate surface area is 139 Å². The molecule has 0 N–H and O–H groups in total. The SMILES string of the molecule is [CH2-]SC1=CC(=O)C(=O)C=C1C(C)(C)CC(C)C.[Y]. The molecule has 0 aromatic rings. The fourth-order valence-electron chi connectivity index (χ4n) is 2.32. The van der Waals surface area contributed by atoms with E-state index in [1.165, 1.54) is 23.9 Å². The average Bonchev–Trinajstić information content (AvgIpc) is 2.19. The number of ketones is 2. The molecule has 4 heteroatoms. The van der Waals surface area contributed by atoms with Gasteiger partial charge in [0.15, 0.2) is 0 Å². The molecule has 0 saturated carbocycles. The van der Waals surface area contributed by atoms with Gasteiger partial charge in [-0.3, -0.25) is 15.8 Å². The van der Waals surface area contributed by atoms with E-state index < -0.39 is 11.6 Å². The number of allylic oxidation sites excluding steroid dienone is 3. The van der Waals surface area contributed by atoms with Crippen molar-refractivity contribution < 1.29 is 42.3 Å². The molecule has 0 aliphatic heterocycles. The molecular weight excluding hydrogens is 321 g/mol. The Bertz CT molecular complexity index is 406. The van der Waals surface area contributed by atoms with Crippen molar-refractivity contribution in [1.82, 2.24) is 0 Å². The van der Waals surface area contributed by atoms with Crippen LogP contribution in [0.5, 0.6) is 0 Å². The Balaban J connectivity index is 0.00000289. The zero-order valence-corrected chi connectivity index (χ0v) is 15.1. The second kappa shape index (κ2) is 7.16. The summed E-state index contributed by atoms with van der Waals surface area (Å²) in [6.07, 6.45) is 7.62. The molecule has 1 rings (SSSR count). The summed E-state index contributed by atoms with van der Waals surface area (Å²) in [4.78, 5) is 23.7. The van der Waals surface area contributed by atoms with Gasteiger partial charge in [0.05, 0.1) is 0 Å². The third kappa shape index (κ3) is 4.43. The predicted octanol–water partition coefficient (Wildman–Crippen LogP) is 3.54. The van der Waals surface area contributed by atoms with Crippen molar-refractivity contribution in [3.8, 4) is 0 Å². The molecule has 2 nitrogen and oxygen atoms in total. The van der Waals surface area contributed by atoms with Gasteiger partial charge in [-0.05, 0) is 34.3 Å². The topological polar surface area (TPSA) is 34.1 Å². The molecule has 0 spiro atoms. The van der Waals surface area contributed by atoms with Crippen molar-refractivity contribution in [2.45, 2.75) is 34.1 Å². The Morgan fingerprint density at radius 1 is 1.22 bits per heavy atom. The molecule has 0 bridgehead atoms. The van der Waals surface area contributed by atoms with Crippen LogP contribution in [0.2, 0.25) is 0 Å². The van der Waals surface area contributed by atoms with Gasteiger partial charge >= 0.3 is 0 Å². The smallest absolute Gasteiger partial charge is 0.226 e. The summed E-state index contributed by atoms with van der Waals surface area (Å²) in [6.45, 7) is 8.51. The fourth-order valence-corrected chi connectivity index (χ4v) is 3.00. The summed E-state index contributed by atoms with van der Waals surface area (Å²) >= 11 is 1.28. The molecule has 0 unspecified atom stereocenters. The minimum Gasteiger partial charge on any atom is -0.319 e. The Hall–Kier alpha value is 0.274. The van der Waals surface area contributed by atoms with Gasteiger partial charge in [0.25, 0.3) is 0 Å². The first-order valence-electron chi connectivity index (χ1n) is 5.72. The van der Waals surface area contributed by atoms with Gasteiger partial charge in [-0.25, -0.2) is 0 Å². The zero-order valence-electron chi connectivity index (χ0n) is 11.4. The number of rotatable bonds is 4. The van der Waals surface area contributed by atoms with E-state index >= 15 is 0 Å². The van der Waals surface area contributed by atoms with Crippen LogP contribution in [0, 0.1) is 17.6 Å². The Morgan fingerprint density at radius 2 is 1.72 bits per heavy atom. The summed E-state index contributed by atoms with van der Waals surface area (Å²) in [5.74, 6) is -0.329. The first-order chi connectivity index (χ1) is 7.77. The first-order valence-corrected chi connectivity index (χ1v) is 6.71. The van der Waals surface area contributed by atoms with Crippen molar-refractivity contribution in [3.05, 3.63) is 28.9 Å². The molecule has 1 aliphatic rings. The monoisotopic (exact) mass is 340 g/mol. The maximum atomic E-state index is 11.5. The maximum absolute atomic E-state index is 11.5. The number of carbonyl (C=O) groups is 2. The molecule has 0 heterocycles. The van der Waals surface area contributed by atoms with Crippen LogP contribution in [0.15, 0.2) is 22.6 Å². The van der Waals surface area contributed by atoms with E-state index in [0.29, 0.717) is 5.92 Å². The quantitative estimate of drug-likeness (QED) is 0.446. The van der Waals surface area contributed by atoms with Crippen LogP contribution in [0.4, 0.5) is 0 Å². The van der Waals surface area contributed by atoms with Crippen LogP contribution in [-0.4, -0.2) is 11.6 Å².